The quantitative estimate of drug-likeness (QED) is 0.673. The van der Waals surface area contributed by atoms with Gasteiger partial charge in [0.05, 0.1) is 6.61 Å². The number of carbonyl (C=O) groups excluding carboxylic acids is 1. The number of rotatable bonds is 4. The number of hydrogen-bond acceptors (Lipinski definition) is 5. The van der Waals surface area contributed by atoms with Gasteiger partial charge in [0.15, 0.2) is 5.82 Å². The third kappa shape index (κ3) is 3.68. The molecule has 1 heterocycles. The van der Waals surface area contributed by atoms with Crippen molar-refractivity contribution >= 4 is 6.16 Å². The number of ether oxygens (including phenoxy) is 2. The Kier molecular flexibility index (Phi) is 4.79. The van der Waals surface area contributed by atoms with Crippen LogP contribution in [0.1, 0.15) is 12.5 Å². The number of carbonyl (C=O) groups is 1. The molecule has 128 valence electrons. The topological polar surface area (TPSA) is 66.2 Å². The second-order valence-corrected chi connectivity index (χ2v) is 5.54. The minimum absolute atomic E-state index is 0.0310. The summed E-state index contributed by atoms with van der Waals surface area (Å²) < 4.78 is 11.4. The Hall–Kier alpha value is -3.15. The van der Waals surface area contributed by atoms with Crippen LogP contribution in [0.15, 0.2) is 48.5 Å². The summed E-state index contributed by atoms with van der Waals surface area (Å²) in [7, 11) is 1.76. The normalized spacial score (nSPS) is 10.5. The number of nitrogens with zero attached hydrogens (tertiary/aromatic N) is 3. The molecule has 0 N–H and O–H groups in total. The van der Waals surface area contributed by atoms with Crippen LogP contribution in [0, 0.1) is 6.92 Å². The summed E-state index contributed by atoms with van der Waals surface area (Å²) in [6.45, 7) is 3.96. The summed E-state index contributed by atoms with van der Waals surface area (Å²) >= 11 is 0. The van der Waals surface area contributed by atoms with Crippen LogP contribution >= 0.6 is 0 Å². The van der Waals surface area contributed by atoms with Crippen molar-refractivity contribution in [1.82, 2.24) is 14.8 Å². The predicted molar refractivity (Wildman–Crippen MR) is 94.3 cm³/mol. The third-order valence-corrected chi connectivity index (χ3v) is 3.68. The van der Waals surface area contributed by atoms with Gasteiger partial charge in [0.1, 0.15) is 0 Å². The Labute approximate surface area is 146 Å². The average Bonchev–Trinajstić information content (AvgIpc) is 2.96. The van der Waals surface area contributed by atoms with Crippen molar-refractivity contribution in [3.63, 3.8) is 0 Å². The lowest BCUT2D eigenvalue weighted by atomic mass is 9.97. The van der Waals surface area contributed by atoms with E-state index in [0.29, 0.717) is 5.82 Å². The van der Waals surface area contributed by atoms with Crippen molar-refractivity contribution in [2.24, 2.45) is 7.05 Å². The first-order valence-corrected chi connectivity index (χ1v) is 8.00. The van der Waals surface area contributed by atoms with Gasteiger partial charge in [0, 0.05) is 12.6 Å². The van der Waals surface area contributed by atoms with Crippen molar-refractivity contribution in [2.75, 3.05) is 6.61 Å². The van der Waals surface area contributed by atoms with Crippen molar-refractivity contribution in [3.8, 4) is 28.5 Å². The summed E-state index contributed by atoms with van der Waals surface area (Å²) in [6.07, 6.45) is -0.813. The van der Waals surface area contributed by atoms with Gasteiger partial charge in [-0.1, -0.05) is 48.0 Å². The molecular formula is C19H19N3O3. The highest BCUT2D eigenvalue weighted by atomic mass is 16.7. The monoisotopic (exact) mass is 337 g/mol. The Morgan fingerprint density at radius 3 is 2.60 bits per heavy atom. The summed E-state index contributed by atoms with van der Waals surface area (Å²) in [4.78, 5) is 15.8. The zero-order valence-electron chi connectivity index (χ0n) is 14.4. The first kappa shape index (κ1) is 16.7. The van der Waals surface area contributed by atoms with Gasteiger partial charge in [-0.3, -0.25) is 0 Å². The van der Waals surface area contributed by atoms with E-state index in [4.69, 9.17) is 9.47 Å². The molecule has 25 heavy (non-hydrogen) atoms. The molecule has 3 rings (SSSR count). The average molecular weight is 337 g/mol. The first-order chi connectivity index (χ1) is 12.1. The molecule has 0 unspecified atom stereocenters. The second-order valence-electron chi connectivity index (χ2n) is 5.54. The molecule has 6 heteroatoms. The fourth-order valence-electron chi connectivity index (χ4n) is 2.57. The molecular weight excluding hydrogens is 318 g/mol. The van der Waals surface area contributed by atoms with Crippen molar-refractivity contribution < 1.29 is 14.3 Å². The highest BCUT2D eigenvalue weighted by Crippen LogP contribution is 2.32. The van der Waals surface area contributed by atoms with Crippen LogP contribution in [0.3, 0.4) is 0 Å². The van der Waals surface area contributed by atoms with E-state index in [1.807, 2.05) is 43.3 Å². The number of hydrogen-bond donors (Lipinski definition) is 0. The molecule has 0 saturated carbocycles. The second kappa shape index (κ2) is 7.17. The van der Waals surface area contributed by atoms with Crippen LogP contribution in [-0.2, 0) is 11.8 Å². The van der Waals surface area contributed by atoms with E-state index < -0.39 is 6.16 Å². The van der Waals surface area contributed by atoms with Gasteiger partial charge in [-0.25, -0.2) is 9.48 Å². The van der Waals surface area contributed by atoms with E-state index in [1.165, 1.54) is 0 Å². The molecule has 0 saturated heterocycles. The lowest BCUT2D eigenvalue weighted by Gasteiger charge is -2.10. The number of benzene rings is 2. The molecule has 2 aromatic carbocycles. The minimum atomic E-state index is -0.813. The highest BCUT2D eigenvalue weighted by Gasteiger charge is 2.17. The van der Waals surface area contributed by atoms with Crippen LogP contribution in [-0.4, -0.2) is 27.5 Å². The Bertz CT molecular complexity index is 888. The zero-order chi connectivity index (χ0) is 17.8. The molecule has 3 aromatic rings. The third-order valence-electron chi connectivity index (χ3n) is 3.68. The van der Waals surface area contributed by atoms with E-state index in [9.17, 15) is 4.79 Å². The van der Waals surface area contributed by atoms with Crippen molar-refractivity contribution in [1.29, 1.82) is 0 Å². The van der Waals surface area contributed by atoms with E-state index in [1.54, 1.807) is 18.7 Å². The lowest BCUT2D eigenvalue weighted by molar-refractivity contribution is 0.101. The Morgan fingerprint density at radius 1 is 1.12 bits per heavy atom. The van der Waals surface area contributed by atoms with Crippen molar-refractivity contribution in [3.05, 3.63) is 54.1 Å². The van der Waals surface area contributed by atoms with Gasteiger partial charge in [0.25, 0.3) is 0 Å². The summed E-state index contributed by atoms with van der Waals surface area (Å²) in [6, 6.07) is 16.2. The standard InChI is InChI=1S/C19H19N3O3/c1-4-24-19(23)25-18-20-17(22(3)21-18)16-12-13(2)10-11-15(16)14-8-6-5-7-9-14/h5-12H,4H2,1-3H3. The van der Waals surface area contributed by atoms with Gasteiger partial charge in [-0.15, -0.1) is 5.10 Å². The molecule has 0 fully saturated rings. The molecule has 0 atom stereocenters. The smallest absolute Gasteiger partial charge is 0.434 e. The summed E-state index contributed by atoms with van der Waals surface area (Å²) in [5.41, 5.74) is 4.13. The Morgan fingerprint density at radius 2 is 1.88 bits per heavy atom. The zero-order valence-corrected chi connectivity index (χ0v) is 14.4. The van der Waals surface area contributed by atoms with Crippen LogP contribution in [0.5, 0.6) is 6.01 Å². The molecule has 0 aliphatic carbocycles. The predicted octanol–water partition coefficient (Wildman–Crippen LogP) is 3.99. The van der Waals surface area contributed by atoms with E-state index in [2.05, 4.69) is 22.2 Å². The van der Waals surface area contributed by atoms with Crippen LogP contribution in [0.2, 0.25) is 0 Å². The maximum absolute atomic E-state index is 11.5. The Balaban J connectivity index is 2.03. The molecule has 1 aromatic heterocycles. The highest BCUT2D eigenvalue weighted by molar-refractivity contribution is 5.81. The largest absolute Gasteiger partial charge is 0.516 e. The molecule has 0 aliphatic rings. The van der Waals surface area contributed by atoms with Crippen LogP contribution < -0.4 is 4.74 Å². The summed E-state index contributed by atoms with van der Waals surface area (Å²) in [5, 5.41) is 4.16. The summed E-state index contributed by atoms with van der Waals surface area (Å²) in [5.74, 6) is 0.613. The van der Waals surface area contributed by atoms with Crippen molar-refractivity contribution in [2.45, 2.75) is 13.8 Å². The maximum Gasteiger partial charge on any atom is 0.516 e. The van der Waals surface area contributed by atoms with Gasteiger partial charge in [0.2, 0.25) is 0 Å². The van der Waals surface area contributed by atoms with E-state index in [0.717, 1.165) is 22.3 Å². The number of aromatic nitrogens is 3. The molecule has 0 spiro atoms. The lowest BCUT2D eigenvalue weighted by Crippen LogP contribution is -2.11. The van der Waals surface area contributed by atoms with Crippen LogP contribution in [0.25, 0.3) is 22.5 Å². The minimum Gasteiger partial charge on any atom is -0.434 e. The molecule has 6 nitrogen and oxygen atoms in total. The maximum atomic E-state index is 11.5. The molecule has 0 amide bonds. The molecule has 0 aliphatic heterocycles. The van der Waals surface area contributed by atoms with Gasteiger partial charge < -0.3 is 9.47 Å². The molecule has 0 bridgehead atoms. The van der Waals surface area contributed by atoms with Crippen LogP contribution in [0.4, 0.5) is 4.79 Å². The van der Waals surface area contributed by atoms with Gasteiger partial charge >= 0.3 is 12.2 Å². The SMILES string of the molecule is CCOC(=O)Oc1nc(-c2cc(C)ccc2-c2ccccc2)n(C)n1. The molecule has 0 radical (unpaired) electrons. The van der Waals surface area contributed by atoms with Gasteiger partial charge in [-0.2, -0.15) is 4.98 Å². The van der Waals surface area contributed by atoms with Gasteiger partial charge in [-0.05, 0) is 31.0 Å². The number of aryl methyl sites for hydroxylation is 2. The fraction of sp³-hybridized carbons (Fsp3) is 0.211. The van der Waals surface area contributed by atoms with E-state index in [-0.39, 0.29) is 12.6 Å². The van der Waals surface area contributed by atoms with E-state index >= 15 is 0 Å². The first-order valence-electron chi connectivity index (χ1n) is 8.00. The fourth-order valence-corrected chi connectivity index (χ4v) is 2.57.